The molecule has 110 valence electrons. The molecule has 1 aromatic carbocycles. The average Bonchev–Trinajstić information content (AvgIpc) is 3.08. The first-order valence-corrected chi connectivity index (χ1v) is 7.91. The second-order valence-corrected chi connectivity index (χ2v) is 6.23. The largest absolute Gasteiger partial charge is 0.497 e. The molecular formula is C17H26N2O. The Kier molecular flexibility index (Phi) is 4.27. The van der Waals surface area contributed by atoms with Crippen LogP contribution in [0.2, 0.25) is 0 Å². The highest BCUT2D eigenvalue weighted by Gasteiger charge is 2.25. The molecule has 0 bridgehead atoms. The zero-order valence-electron chi connectivity index (χ0n) is 12.7. The van der Waals surface area contributed by atoms with E-state index in [0.717, 1.165) is 5.75 Å². The van der Waals surface area contributed by atoms with Crippen molar-refractivity contribution in [3.8, 4) is 5.75 Å². The van der Waals surface area contributed by atoms with Crippen molar-refractivity contribution in [1.82, 2.24) is 10.2 Å². The average molecular weight is 274 g/mol. The lowest BCUT2D eigenvalue weighted by atomic mass is 10.1. The first-order valence-electron chi connectivity index (χ1n) is 7.91. The van der Waals surface area contributed by atoms with Crippen LogP contribution >= 0.6 is 0 Å². The summed E-state index contributed by atoms with van der Waals surface area (Å²) in [5.41, 5.74) is 2.93. The highest BCUT2D eigenvalue weighted by Crippen LogP contribution is 2.34. The lowest BCUT2D eigenvalue weighted by Gasteiger charge is -2.25. The second kappa shape index (κ2) is 6.15. The van der Waals surface area contributed by atoms with Gasteiger partial charge in [0, 0.05) is 18.6 Å². The maximum absolute atomic E-state index is 5.36. The molecule has 1 fully saturated rings. The van der Waals surface area contributed by atoms with Gasteiger partial charge in [-0.25, -0.2) is 0 Å². The summed E-state index contributed by atoms with van der Waals surface area (Å²) in [6.07, 6.45) is 5.15. The van der Waals surface area contributed by atoms with Gasteiger partial charge in [0.05, 0.1) is 7.11 Å². The molecule has 1 saturated heterocycles. The quantitative estimate of drug-likeness (QED) is 0.893. The fourth-order valence-corrected chi connectivity index (χ4v) is 3.63. The summed E-state index contributed by atoms with van der Waals surface area (Å²) in [5, 5.41) is 3.82. The summed E-state index contributed by atoms with van der Waals surface area (Å²) < 4.78 is 5.36. The summed E-state index contributed by atoms with van der Waals surface area (Å²) in [6, 6.07) is 7.56. The van der Waals surface area contributed by atoms with Crippen molar-refractivity contribution in [2.24, 2.45) is 0 Å². The van der Waals surface area contributed by atoms with Crippen molar-refractivity contribution >= 4 is 0 Å². The molecule has 2 atom stereocenters. The Bertz CT molecular complexity index is 454. The van der Waals surface area contributed by atoms with Gasteiger partial charge < -0.3 is 15.0 Å². The predicted octanol–water partition coefficient (Wildman–Crippen LogP) is 2.76. The number of hydrogen-bond acceptors (Lipinski definition) is 3. The zero-order chi connectivity index (χ0) is 13.9. The standard InChI is InChI=1S/C17H26N2O/c1-13(12-19-9-3-4-10-19)18-17-8-6-14-5-7-15(20-2)11-16(14)17/h5,7,11,13,17-18H,3-4,6,8-10,12H2,1-2H3. The molecule has 0 aromatic heterocycles. The highest BCUT2D eigenvalue weighted by molar-refractivity contribution is 5.40. The van der Waals surface area contributed by atoms with Crippen molar-refractivity contribution in [3.05, 3.63) is 29.3 Å². The van der Waals surface area contributed by atoms with Crippen LogP contribution in [-0.4, -0.2) is 37.7 Å². The maximum Gasteiger partial charge on any atom is 0.119 e. The summed E-state index contributed by atoms with van der Waals surface area (Å²) in [6.45, 7) is 6.05. The van der Waals surface area contributed by atoms with E-state index in [2.05, 4.69) is 35.3 Å². The van der Waals surface area contributed by atoms with Crippen LogP contribution in [0.5, 0.6) is 5.75 Å². The van der Waals surface area contributed by atoms with Gasteiger partial charge in [-0.3, -0.25) is 0 Å². The van der Waals surface area contributed by atoms with E-state index in [9.17, 15) is 0 Å². The Hall–Kier alpha value is -1.06. The molecule has 1 N–H and O–H groups in total. The van der Waals surface area contributed by atoms with E-state index in [0.29, 0.717) is 12.1 Å². The Morgan fingerprint density at radius 2 is 2.15 bits per heavy atom. The van der Waals surface area contributed by atoms with Gasteiger partial charge in [0.1, 0.15) is 5.75 Å². The van der Waals surface area contributed by atoms with E-state index < -0.39 is 0 Å². The lowest BCUT2D eigenvalue weighted by molar-refractivity contribution is 0.285. The molecule has 0 radical (unpaired) electrons. The molecule has 0 amide bonds. The normalized spacial score (nSPS) is 23.8. The minimum absolute atomic E-state index is 0.498. The van der Waals surface area contributed by atoms with Crippen molar-refractivity contribution < 1.29 is 4.74 Å². The van der Waals surface area contributed by atoms with Crippen molar-refractivity contribution in [3.63, 3.8) is 0 Å². The third-order valence-electron chi connectivity index (χ3n) is 4.65. The van der Waals surface area contributed by atoms with Crippen molar-refractivity contribution in [2.45, 2.75) is 44.7 Å². The van der Waals surface area contributed by atoms with Crippen LogP contribution in [0.1, 0.15) is 43.4 Å². The Balaban J connectivity index is 1.61. The molecule has 0 spiro atoms. The topological polar surface area (TPSA) is 24.5 Å². The number of nitrogens with zero attached hydrogens (tertiary/aromatic N) is 1. The fraction of sp³-hybridized carbons (Fsp3) is 0.647. The van der Waals surface area contributed by atoms with Gasteiger partial charge in [-0.05, 0) is 69.0 Å². The first kappa shape index (κ1) is 13.9. The number of methoxy groups -OCH3 is 1. The number of nitrogens with one attached hydrogen (secondary N) is 1. The monoisotopic (exact) mass is 274 g/mol. The van der Waals surface area contributed by atoms with Crippen LogP contribution in [-0.2, 0) is 6.42 Å². The molecule has 3 heteroatoms. The fourth-order valence-electron chi connectivity index (χ4n) is 3.63. The van der Waals surface area contributed by atoms with Gasteiger partial charge in [-0.1, -0.05) is 6.07 Å². The molecule has 3 rings (SSSR count). The van der Waals surface area contributed by atoms with E-state index >= 15 is 0 Å². The molecule has 1 aliphatic carbocycles. The van der Waals surface area contributed by atoms with E-state index in [1.54, 1.807) is 7.11 Å². The maximum atomic E-state index is 5.36. The number of fused-ring (bicyclic) bond motifs is 1. The molecule has 1 heterocycles. The van der Waals surface area contributed by atoms with Crippen LogP contribution in [0.4, 0.5) is 0 Å². The Morgan fingerprint density at radius 3 is 2.90 bits per heavy atom. The molecule has 3 nitrogen and oxygen atoms in total. The predicted molar refractivity (Wildman–Crippen MR) is 82.3 cm³/mol. The number of hydrogen-bond donors (Lipinski definition) is 1. The van der Waals surface area contributed by atoms with Gasteiger partial charge in [-0.2, -0.15) is 0 Å². The van der Waals surface area contributed by atoms with Crippen molar-refractivity contribution in [1.29, 1.82) is 0 Å². The molecular weight excluding hydrogens is 248 g/mol. The van der Waals surface area contributed by atoms with E-state index in [-0.39, 0.29) is 0 Å². The molecule has 1 aliphatic heterocycles. The molecule has 20 heavy (non-hydrogen) atoms. The van der Waals surface area contributed by atoms with Crippen molar-refractivity contribution in [2.75, 3.05) is 26.7 Å². The minimum atomic E-state index is 0.498. The van der Waals surface area contributed by atoms with Crippen LogP contribution in [0.3, 0.4) is 0 Å². The van der Waals surface area contributed by atoms with Gasteiger partial charge in [0.15, 0.2) is 0 Å². The van der Waals surface area contributed by atoms with Crippen LogP contribution in [0.25, 0.3) is 0 Å². The number of likely N-dealkylation sites (tertiary alicyclic amines) is 1. The van der Waals surface area contributed by atoms with Crippen LogP contribution in [0.15, 0.2) is 18.2 Å². The van der Waals surface area contributed by atoms with E-state index in [1.807, 2.05) is 0 Å². The third-order valence-corrected chi connectivity index (χ3v) is 4.65. The van der Waals surface area contributed by atoms with E-state index in [1.165, 1.54) is 56.4 Å². The SMILES string of the molecule is COc1ccc2c(c1)C(NC(C)CN1CCCC1)CC2. The van der Waals surface area contributed by atoms with Crippen LogP contribution in [0, 0.1) is 0 Å². The van der Waals surface area contributed by atoms with E-state index in [4.69, 9.17) is 4.74 Å². The Labute approximate surface area is 122 Å². The Morgan fingerprint density at radius 1 is 1.35 bits per heavy atom. The number of aryl methyl sites for hydroxylation is 1. The second-order valence-electron chi connectivity index (χ2n) is 6.23. The summed E-state index contributed by atoms with van der Waals surface area (Å²) in [5.74, 6) is 0.977. The van der Waals surface area contributed by atoms with Gasteiger partial charge in [0.2, 0.25) is 0 Å². The summed E-state index contributed by atoms with van der Waals surface area (Å²) in [4.78, 5) is 2.58. The number of ether oxygens (including phenoxy) is 1. The third kappa shape index (κ3) is 2.99. The zero-order valence-corrected chi connectivity index (χ0v) is 12.7. The lowest BCUT2D eigenvalue weighted by Crippen LogP contribution is -2.39. The van der Waals surface area contributed by atoms with Gasteiger partial charge in [0.25, 0.3) is 0 Å². The number of rotatable bonds is 5. The summed E-state index contributed by atoms with van der Waals surface area (Å²) >= 11 is 0. The molecule has 0 saturated carbocycles. The molecule has 2 unspecified atom stereocenters. The number of benzene rings is 1. The highest BCUT2D eigenvalue weighted by atomic mass is 16.5. The first-order chi connectivity index (χ1) is 9.76. The summed E-state index contributed by atoms with van der Waals surface area (Å²) in [7, 11) is 1.75. The molecule has 1 aromatic rings. The smallest absolute Gasteiger partial charge is 0.119 e. The van der Waals surface area contributed by atoms with Crippen LogP contribution < -0.4 is 10.1 Å². The van der Waals surface area contributed by atoms with Gasteiger partial charge >= 0.3 is 0 Å². The minimum Gasteiger partial charge on any atom is -0.497 e. The molecule has 2 aliphatic rings. The van der Waals surface area contributed by atoms with Gasteiger partial charge in [-0.15, -0.1) is 0 Å².